The molecule has 3 rings (SSSR count). The molecule has 1 aliphatic rings. The van der Waals surface area contributed by atoms with Crippen LogP contribution in [-0.4, -0.2) is 18.1 Å². The molecular weight excluding hydrogens is 196 g/mol. The first-order valence-corrected chi connectivity index (χ1v) is 5.95. The smallest absolute Gasteiger partial charge is 0.0722 e. The van der Waals surface area contributed by atoms with Gasteiger partial charge in [-0.2, -0.15) is 0 Å². The third kappa shape index (κ3) is 1.54. The van der Waals surface area contributed by atoms with Crippen molar-refractivity contribution in [2.75, 3.05) is 18.0 Å². The molecule has 0 atom stereocenters. The standard InChI is InChI=1S/C14H16N2/c1-11-4-5-13-12(10-11)14(6-7-15-13)16-8-2-3-9-16/h4-7,10H,2-3,8-9H2,1H3. The van der Waals surface area contributed by atoms with Gasteiger partial charge in [-0.25, -0.2) is 0 Å². The van der Waals surface area contributed by atoms with Crippen molar-refractivity contribution in [1.29, 1.82) is 0 Å². The van der Waals surface area contributed by atoms with Gasteiger partial charge in [-0.1, -0.05) is 11.6 Å². The normalized spacial score (nSPS) is 15.9. The Morgan fingerprint density at radius 2 is 1.94 bits per heavy atom. The van der Waals surface area contributed by atoms with E-state index in [4.69, 9.17) is 0 Å². The van der Waals surface area contributed by atoms with Gasteiger partial charge in [0.15, 0.2) is 0 Å². The van der Waals surface area contributed by atoms with Crippen LogP contribution in [0.1, 0.15) is 18.4 Å². The topological polar surface area (TPSA) is 16.1 Å². The number of anilines is 1. The van der Waals surface area contributed by atoms with Crippen molar-refractivity contribution < 1.29 is 0 Å². The van der Waals surface area contributed by atoms with Crippen LogP contribution in [0.25, 0.3) is 10.9 Å². The Morgan fingerprint density at radius 1 is 1.12 bits per heavy atom. The van der Waals surface area contributed by atoms with Crippen molar-refractivity contribution in [2.24, 2.45) is 0 Å². The lowest BCUT2D eigenvalue weighted by molar-refractivity contribution is 0.949. The highest BCUT2D eigenvalue weighted by atomic mass is 15.1. The predicted octanol–water partition coefficient (Wildman–Crippen LogP) is 3.14. The number of benzene rings is 1. The van der Waals surface area contributed by atoms with Crippen LogP contribution in [0.3, 0.4) is 0 Å². The number of nitrogens with zero attached hydrogens (tertiary/aromatic N) is 2. The average Bonchev–Trinajstić information content (AvgIpc) is 2.81. The minimum absolute atomic E-state index is 1.11. The summed E-state index contributed by atoms with van der Waals surface area (Å²) in [6, 6.07) is 8.64. The van der Waals surface area contributed by atoms with E-state index in [2.05, 4.69) is 41.1 Å². The number of aromatic nitrogens is 1. The summed E-state index contributed by atoms with van der Waals surface area (Å²) in [5.74, 6) is 0. The lowest BCUT2D eigenvalue weighted by Gasteiger charge is -2.19. The van der Waals surface area contributed by atoms with Crippen LogP contribution in [0.5, 0.6) is 0 Å². The van der Waals surface area contributed by atoms with Gasteiger partial charge in [0, 0.05) is 30.4 Å². The zero-order valence-corrected chi connectivity index (χ0v) is 9.61. The molecule has 0 bridgehead atoms. The molecule has 0 spiro atoms. The molecule has 2 heterocycles. The van der Waals surface area contributed by atoms with E-state index in [-0.39, 0.29) is 0 Å². The van der Waals surface area contributed by atoms with E-state index in [0.717, 1.165) is 5.52 Å². The van der Waals surface area contributed by atoms with Crippen LogP contribution in [0.2, 0.25) is 0 Å². The van der Waals surface area contributed by atoms with Crippen molar-refractivity contribution in [1.82, 2.24) is 4.98 Å². The van der Waals surface area contributed by atoms with Gasteiger partial charge in [0.25, 0.3) is 0 Å². The first-order valence-electron chi connectivity index (χ1n) is 5.95. The third-order valence-electron chi connectivity index (χ3n) is 3.32. The van der Waals surface area contributed by atoms with E-state index >= 15 is 0 Å². The molecule has 1 aromatic carbocycles. The van der Waals surface area contributed by atoms with Crippen LogP contribution in [0.4, 0.5) is 5.69 Å². The molecule has 0 amide bonds. The first kappa shape index (κ1) is 9.64. The molecule has 1 aliphatic heterocycles. The van der Waals surface area contributed by atoms with Crippen molar-refractivity contribution in [3.63, 3.8) is 0 Å². The van der Waals surface area contributed by atoms with Crippen LogP contribution in [0, 0.1) is 6.92 Å². The summed E-state index contributed by atoms with van der Waals surface area (Å²) < 4.78 is 0. The van der Waals surface area contributed by atoms with Gasteiger partial charge < -0.3 is 4.90 Å². The molecule has 1 saturated heterocycles. The fourth-order valence-corrected chi connectivity index (χ4v) is 2.48. The van der Waals surface area contributed by atoms with Gasteiger partial charge in [0.05, 0.1) is 5.52 Å². The summed E-state index contributed by atoms with van der Waals surface area (Å²) in [7, 11) is 0. The molecule has 0 aliphatic carbocycles. The summed E-state index contributed by atoms with van der Waals surface area (Å²) >= 11 is 0. The van der Waals surface area contributed by atoms with Crippen molar-refractivity contribution >= 4 is 16.6 Å². The van der Waals surface area contributed by atoms with Crippen molar-refractivity contribution in [2.45, 2.75) is 19.8 Å². The van der Waals surface area contributed by atoms with Crippen LogP contribution in [-0.2, 0) is 0 Å². The Morgan fingerprint density at radius 3 is 2.75 bits per heavy atom. The molecule has 16 heavy (non-hydrogen) atoms. The monoisotopic (exact) mass is 212 g/mol. The van der Waals surface area contributed by atoms with Gasteiger partial charge >= 0.3 is 0 Å². The average molecular weight is 212 g/mol. The Kier molecular flexibility index (Phi) is 2.28. The summed E-state index contributed by atoms with van der Waals surface area (Å²) in [5, 5.41) is 1.30. The van der Waals surface area contributed by atoms with Crippen LogP contribution in [0.15, 0.2) is 30.5 Å². The highest BCUT2D eigenvalue weighted by Crippen LogP contribution is 2.28. The summed E-state index contributed by atoms with van der Waals surface area (Å²) in [6.07, 6.45) is 4.55. The molecule has 1 fully saturated rings. The predicted molar refractivity (Wildman–Crippen MR) is 67.9 cm³/mol. The van der Waals surface area contributed by atoms with Gasteiger partial charge in [-0.3, -0.25) is 4.98 Å². The molecule has 2 aromatic rings. The minimum atomic E-state index is 1.11. The Hall–Kier alpha value is -1.57. The molecule has 0 unspecified atom stereocenters. The summed E-state index contributed by atoms with van der Waals surface area (Å²) in [5.41, 5.74) is 3.77. The highest BCUT2D eigenvalue weighted by Gasteiger charge is 2.14. The Balaban J connectivity index is 2.18. The second-order valence-electron chi connectivity index (χ2n) is 4.54. The van der Waals surface area contributed by atoms with Crippen LogP contribution >= 0.6 is 0 Å². The zero-order chi connectivity index (χ0) is 11.0. The number of aryl methyl sites for hydroxylation is 1. The van der Waals surface area contributed by atoms with E-state index in [9.17, 15) is 0 Å². The molecule has 2 nitrogen and oxygen atoms in total. The third-order valence-corrected chi connectivity index (χ3v) is 3.32. The largest absolute Gasteiger partial charge is 0.371 e. The Labute approximate surface area is 95.9 Å². The second-order valence-corrected chi connectivity index (χ2v) is 4.54. The molecule has 0 saturated carbocycles. The Bertz CT molecular complexity index is 513. The highest BCUT2D eigenvalue weighted by molar-refractivity contribution is 5.92. The van der Waals surface area contributed by atoms with E-state index in [1.54, 1.807) is 0 Å². The maximum Gasteiger partial charge on any atom is 0.0722 e. The number of hydrogen-bond acceptors (Lipinski definition) is 2. The first-order chi connectivity index (χ1) is 7.84. The van der Waals surface area contributed by atoms with Gasteiger partial charge in [-0.15, -0.1) is 0 Å². The molecular formula is C14H16N2. The fourth-order valence-electron chi connectivity index (χ4n) is 2.48. The molecule has 0 radical (unpaired) electrons. The number of fused-ring (bicyclic) bond motifs is 1. The van der Waals surface area contributed by atoms with E-state index < -0.39 is 0 Å². The van der Waals surface area contributed by atoms with E-state index in [1.165, 1.54) is 42.6 Å². The number of rotatable bonds is 1. The maximum absolute atomic E-state index is 4.43. The minimum Gasteiger partial charge on any atom is -0.371 e. The summed E-state index contributed by atoms with van der Waals surface area (Å²) in [4.78, 5) is 6.90. The molecule has 82 valence electrons. The molecule has 1 aromatic heterocycles. The van der Waals surface area contributed by atoms with Gasteiger partial charge in [0.1, 0.15) is 0 Å². The molecule has 0 N–H and O–H groups in total. The maximum atomic E-state index is 4.43. The fraction of sp³-hybridized carbons (Fsp3) is 0.357. The number of pyridine rings is 1. The quantitative estimate of drug-likeness (QED) is 0.722. The zero-order valence-electron chi connectivity index (χ0n) is 9.61. The number of hydrogen-bond donors (Lipinski definition) is 0. The van der Waals surface area contributed by atoms with Gasteiger partial charge in [-0.05, 0) is 38.0 Å². The SMILES string of the molecule is Cc1ccc2nccc(N3CCCC3)c2c1. The van der Waals surface area contributed by atoms with Crippen LogP contribution < -0.4 is 4.90 Å². The van der Waals surface area contributed by atoms with Crippen molar-refractivity contribution in [3.8, 4) is 0 Å². The van der Waals surface area contributed by atoms with Crippen molar-refractivity contribution in [3.05, 3.63) is 36.0 Å². The second kappa shape index (κ2) is 3.78. The van der Waals surface area contributed by atoms with E-state index in [0.29, 0.717) is 0 Å². The molecule has 2 heteroatoms. The lowest BCUT2D eigenvalue weighted by Crippen LogP contribution is -2.17. The van der Waals surface area contributed by atoms with E-state index in [1.807, 2.05) is 6.20 Å². The summed E-state index contributed by atoms with van der Waals surface area (Å²) in [6.45, 7) is 4.51. The lowest BCUT2D eigenvalue weighted by atomic mass is 10.1. The van der Waals surface area contributed by atoms with Gasteiger partial charge in [0.2, 0.25) is 0 Å².